The van der Waals surface area contributed by atoms with Crippen LogP contribution < -0.4 is 16.4 Å². The third-order valence-corrected chi connectivity index (χ3v) is 4.86. The Labute approximate surface area is 175 Å². The van der Waals surface area contributed by atoms with Gasteiger partial charge in [0.15, 0.2) is 0 Å². The first-order valence-corrected chi connectivity index (χ1v) is 10.00. The number of fused-ring (bicyclic) bond motifs is 1. The molecule has 8 nitrogen and oxygen atoms in total. The number of H-pyrrole nitrogens is 1. The molecule has 5 N–H and O–H groups in total. The maximum atomic E-state index is 5.92. The summed E-state index contributed by atoms with van der Waals surface area (Å²) >= 11 is 0. The van der Waals surface area contributed by atoms with Crippen molar-refractivity contribution in [2.75, 3.05) is 11.1 Å². The van der Waals surface area contributed by atoms with Crippen molar-refractivity contribution in [1.82, 2.24) is 30.2 Å². The highest BCUT2D eigenvalue weighted by Gasteiger charge is 2.20. The van der Waals surface area contributed by atoms with Crippen LogP contribution in [0.1, 0.15) is 37.1 Å². The molecule has 1 atom stereocenters. The summed E-state index contributed by atoms with van der Waals surface area (Å²) in [5.41, 5.74) is 9.97. The number of aromatic amines is 1. The number of benzene rings is 2. The number of nitrogens with two attached hydrogens (primary N) is 1. The Hall–Kier alpha value is -3.52. The lowest BCUT2D eigenvalue weighted by Gasteiger charge is -2.20. The molecule has 0 bridgehead atoms. The topological polar surface area (TPSA) is 117 Å². The van der Waals surface area contributed by atoms with E-state index in [0.717, 1.165) is 22.5 Å². The Kier molecular flexibility index (Phi) is 5.58. The molecule has 0 radical (unpaired) electrons. The summed E-state index contributed by atoms with van der Waals surface area (Å²) in [6.07, 6.45) is 0. The molecule has 0 fully saturated rings. The predicted molar refractivity (Wildman–Crippen MR) is 119 cm³/mol. The fourth-order valence-corrected chi connectivity index (χ4v) is 3.31. The molecule has 0 aliphatic heterocycles. The molecule has 4 aromatic rings. The van der Waals surface area contributed by atoms with Crippen LogP contribution in [0.3, 0.4) is 0 Å². The van der Waals surface area contributed by atoms with Crippen molar-refractivity contribution in [3.8, 4) is 0 Å². The van der Waals surface area contributed by atoms with E-state index in [-0.39, 0.29) is 12.0 Å². The summed E-state index contributed by atoms with van der Waals surface area (Å²) in [4.78, 5) is 21.1. The molecular weight excluding hydrogens is 376 g/mol. The third kappa shape index (κ3) is 4.55. The van der Waals surface area contributed by atoms with E-state index in [1.165, 1.54) is 5.56 Å². The van der Waals surface area contributed by atoms with E-state index in [0.29, 0.717) is 24.2 Å². The van der Waals surface area contributed by atoms with Gasteiger partial charge < -0.3 is 21.4 Å². The van der Waals surface area contributed by atoms with E-state index in [1.54, 1.807) is 0 Å². The maximum absolute atomic E-state index is 5.92. The van der Waals surface area contributed by atoms with Crippen molar-refractivity contribution in [3.63, 3.8) is 0 Å². The van der Waals surface area contributed by atoms with Gasteiger partial charge >= 0.3 is 0 Å². The maximum Gasteiger partial charge on any atom is 0.232 e. The summed E-state index contributed by atoms with van der Waals surface area (Å²) in [5, 5.41) is 6.69. The molecule has 8 heteroatoms. The van der Waals surface area contributed by atoms with Crippen molar-refractivity contribution >= 4 is 28.6 Å². The molecule has 0 unspecified atom stereocenters. The Morgan fingerprint density at radius 2 is 1.73 bits per heavy atom. The smallest absolute Gasteiger partial charge is 0.232 e. The minimum Gasteiger partial charge on any atom is -0.368 e. The number of para-hydroxylation sites is 2. The van der Waals surface area contributed by atoms with Gasteiger partial charge in [0.1, 0.15) is 11.6 Å². The van der Waals surface area contributed by atoms with Gasteiger partial charge in [-0.15, -0.1) is 0 Å². The van der Waals surface area contributed by atoms with Gasteiger partial charge in [-0.2, -0.15) is 15.0 Å². The number of hydrogen-bond acceptors (Lipinski definition) is 7. The van der Waals surface area contributed by atoms with Gasteiger partial charge in [-0.25, -0.2) is 4.98 Å². The van der Waals surface area contributed by atoms with E-state index in [1.807, 2.05) is 55.5 Å². The second-order valence-electron chi connectivity index (χ2n) is 7.67. The highest BCUT2D eigenvalue weighted by molar-refractivity contribution is 5.74. The van der Waals surface area contributed by atoms with Gasteiger partial charge in [0.05, 0.1) is 23.6 Å². The number of rotatable bonds is 7. The quantitative estimate of drug-likeness (QED) is 0.371. The van der Waals surface area contributed by atoms with Crippen LogP contribution in [0.2, 0.25) is 0 Å². The molecule has 30 heavy (non-hydrogen) atoms. The molecule has 0 amide bonds. The minimum atomic E-state index is 0.0175. The molecule has 2 heterocycles. The van der Waals surface area contributed by atoms with Crippen LogP contribution in [0.4, 0.5) is 17.6 Å². The number of hydrogen-bond donors (Lipinski definition) is 4. The second kappa shape index (κ2) is 8.46. The largest absolute Gasteiger partial charge is 0.368 e. The van der Waals surface area contributed by atoms with E-state index in [4.69, 9.17) is 10.7 Å². The van der Waals surface area contributed by atoms with Crippen LogP contribution in [-0.2, 0) is 6.54 Å². The van der Waals surface area contributed by atoms with Gasteiger partial charge in [-0.05, 0) is 37.1 Å². The monoisotopic (exact) mass is 402 g/mol. The number of nitrogen functional groups attached to an aromatic ring is 1. The fourth-order valence-electron chi connectivity index (χ4n) is 3.31. The van der Waals surface area contributed by atoms with Gasteiger partial charge in [0.25, 0.3) is 0 Å². The normalized spacial score (nSPS) is 12.4. The highest BCUT2D eigenvalue weighted by Crippen LogP contribution is 2.22. The lowest BCUT2D eigenvalue weighted by Crippen LogP contribution is -2.27. The van der Waals surface area contributed by atoms with Crippen LogP contribution in [-0.4, -0.2) is 24.9 Å². The first-order valence-electron chi connectivity index (χ1n) is 10.00. The van der Waals surface area contributed by atoms with Crippen LogP contribution in [0.25, 0.3) is 11.0 Å². The average molecular weight is 403 g/mol. The first kappa shape index (κ1) is 19.8. The Morgan fingerprint density at radius 3 is 2.47 bits per heavy atom. The Balaban J connectivity index is 1.51. The van der Waals surface area contributed by atoms with Gasteiger partial charge in [0.2, 0.25) is 11.9 Å². The van der Waals surface area contributed by atoms with Crippen molar-refractivity contribution < 1.29 is 0 Å². The zero-order valence-electron chi connectivity index (χ0n) is 17.3. The summed E-state index contributed by atoms with van der Waals surface area (Å²) in [6.45, 7) is 6.78. The van der Waals surface area contributed by atoms with Gasteiger partial charge in [-0.1, -0.05) is 43.7 Å². The number of imidazole rings is 1. The molecule has 0 spiro atoms. The summed E-state index contributed by atoms with van der Waals surface area (Å²) in [5.74, 6) is 2.38. The third-order valence-electron chi connectivity index (χ3n) is 4.86. The van der Waals surface area contributed by atoms with Crippen molar-refractivity contribution in [2.24, 2.45) is 5.92 Å². The number of anilines is 3. The Morgan fingerprint density at radius 1 is 0.967 bits per heavy atom. The molecule has 4 rings (SSSR count). The van der Waals surface area contributed by atoms with Crippen molar-refractivity contribution in [3.05, 3.63) is 65.7 Å². The van der Waals surface area contributed by atoms with Crippen LogP contribution in [0, 0.1) is 12.8 Å². The van der Waals surface area contributed by atoms with Gasteiger partial charge in [0, 0.05) is 5.69 Å². The standard InChI is InChI=1S/C22H26N8/c1-13(2)19(20-26-16-6-4-5-7-17(16)27-20)24-12-18-28-21(23)30-22(29-18)25-15-10-8-14(3)9-11-15/h4-11,13,19,24H,12H2,1-3H3,(H,26,27)(H3,23,25,28,29,30)/t19-/m1/s1. The lowest BCUT2D eigenvalue weighted by molar-refractivity contribution is 0.391. The molecule has 2 aromatic carbocycles. The van der Waals surface area contributed by atoms with Crippen LogP contribution in [0.5, 0.6) is 0 Å². The predicted octanol–water partition coefficient (Wildman–Crippen LogP) is 3.87. The summed E-state index contributed by atoms with van der Waals surface area (Å²) in [6, 6.07) is 16.0. The molecular formula is C22H26N8. The van der Waals surface area contributed by atoms with E-state index < -0.39 is 0 Å². The van der Waals surface area contributed by atoms with E-state index >= 15 is 0 Å². The molecule has 0 saturated carbocycles. The second-order valence-corrected chi connectivity index (χ2v) is 7.67. The first-order chi connectivity index (χ1) is 14.5. The Bertz CT molecular complexity index is 1100. The fraction of sp³-hybridized carbons (Fsp3) is 0.273. The summed E-state index contributed by atoms with van der Waals surface area (Å²) < 4.78 is 0. The summed E-state index contributed by atoms with van der Waals surface area (Å²) in [7, 11) is 0. The molecule has 0 aliphatic rings. The lowest BCUT2D eigenvalue weighted by atomic mass is 10.0. The molecule has 0 saturated heterocycles. The molecule has 154 valence electrons. The van der Waals surface area contributed by atoms with Crippen LogP contribution in [0.15, 0.2) is 48.5 Å². The molecule has 0 aliphatic carbocycles. The highest BCUT2D eigenvalue weighted by atomic mass is 15.2. The zero-order valence-corrected chi connectivity index (χ0v) is 17.3. The molecule has 2 aromatic heterocycles. The van der Waals surface area contributed by atoms with E-state index in [2.05, 4.69) is 44.4 Å². The average Bonchev–Trinajstić information content (AvgIpc) is 3.13. The van der Waals surface area contributed by atoms with E-state index in [9.17, 15) is 0 Å². The zero-order chi connectivity index (χ0) is 21.1. The number of aryl methyl sites for hydroxylation is 1. The number of aromatic nitrogens is 5. The van der Waals surface area contributed by atoms with Crippen molar-refractivity contribution in [2.45, 2.75) is 33.4 Å². The van der Waals surface area contributed by atoms with Crippen LogP contribution >= 0.6 is 0 Å². The minimum absolute atomic E-state index is 0.0175. The SMILES string of the molecule is Cc1ccc(Nc2nc(N)nc(CN[C@@H](c3nc4ccccc4[nH]3)C(C)C)n2)cc1. The van der Waals surface area contributed by atoms with Gasteiger partial charge in [-0.3, -0.25) is 0 Å². The number of nitrogens with zero attached hydrogens (tertiary/aromatic N) is 4. The number of nitrogens with one attached hydrogen (secondary N) is 3. The van der Waals surface area contributed by atoms with Crippen molar-refractivity contribution in [1.29, 1.82) is 0 Å².